The van der Waals surface area contributed by atoms with Crippen molar-refractivity contribution in [1.29, 1.82) is 0 Å². The lowest BCUT2D eigenvalue weighted by atomic mass is 10.1. The molecule has 0 fully saturated rings. The van der Waals surface area contributed by atoms with Gasteiger partial charge in [-0.2, -0.15) is 0 Å². The van der Waals surface area contributed by atoms with Gasteiger partial charge in [-0.3, -0.25) is 14.4 Å². The maximum atomic E-state index is 13.2. The molecule has 4 aromatic rings. The lowest BCUT2D eigenvalue weighted by Gasteiger charge is -2.12. The summed E-state index contributed by atoms with van der Waals surface area (Å²) in [5.41, 5.74) is 2.45. The molecule has 0 radical (unpaired) electrons. The number of thioether (sulfide) groups is 1. The van der Waals surface area contributed by atoms with Gasteiger partial charge in [0.2, 0.25) is 5.91 Å². The Morgan fingerprint density at radius 2 is 1.59 bits per heavy atom. The summed E-state index contributed by atoms with van der Waals surface area (Å²) in [6, 6.07) is 30.5. The molecule has 0 spiro atoms. The average Bonchev–Trinajstić information content (AvgIpc) is 2.98. The molecule has 0 atom stereocenters. The number of ether oxygens (including phenoxy) is 1. The topological polar surface area (TPSA) is 96.5 Å². The van der Waals surface area contributed by atoms with Gasteiger partial charge in [0.15, 0.2) is 0 Å². The van der Waals surface area contributed by atoms with Crippen LogP contribution in [-0.2, 0) is 9.59 Å². The molecule has 4 rings (SSSR count). The number of rotatable bonds is 11. The third-order valence-electron chi connectivity index (χ3n) is 5.63. The molecule has 0 aliphatic heterocycles. The van der Waals surface area contributed by atoms with Crippen LogP contribution >= 0.6 is 27.7 Å². The van der Waals surface area contributed by atoms with Crippen LogP contribution in [0.1, 0.15) is 22.8 Å². The summed E-state index contributed by atoms with van der Waals surface area (Å²) in [6.07, 6.45) is 1.62. The zero-order chi connectivity index (χ0) is 29.0. The molecule has 0 saturated heterocycles. The molecule has 3 N–H and O–H groups in total. The van der Waals surface area contributed by atoms with Gasteiger partial charge >= 0.3 is 0 Å². The van der Waals surface area contributed by atoms with Gasteiger partial charge in [-0.1, -0.05) is 58.4 Å². The third-order valence-corrected chi connectivity index (χ3v) is 7.14. The Labute approximate surface area is 251 Å². The van der Waals surface area contributed by atoms with Gasteiger partial charge in [-0.25, -0.2) is 0 Å². The van der Waals surface area contributed by atoms with E-state index in [1.807, 2.05) is 67.6 Å². The molecule has 41 heavy (non-hydrogen) atoms. The maximum absolute atomic E-state index is 13.2. The van der Waals surface area contributed by atoms with E-state index in [1.54, 1.807) is 48.5 Å². The number of hydrogen-bond donors (Lipinski definition) is 3. The number of benzene rings is 4. The maximum Gasteiger partial charge on any atom is 0.272 e. The van der Waals surface area contributed by atoms with Crippen LogP contribution in [0.25, 0.3) is 6.08 Å². The van der Waals surface area contributed by atoms with E-state index >= 15 is 0 Å². The van der Waals surface area contributed by atoms with E-state index in [1.165, 1.54) is 11.8 Å². The van der Waals surface area contributed by atoms with E-state index in [4.69, 9.17) is 4.74 Å². The Bertz CT molecular complexity index is 1540. The molecule has 7 nitrogen and oxygen atoms in total. The van der Waals surface area contributed by atoms with Crippen molar-refractivity contribution in [1.82, 2.24) is 5.32 Å². The van der Waals surface area contributed by atoms with Crippen molar-refractivity contribution in [3.05, 3.63) is 124 Å². The van der Waals surface area contributed by atoms with Crippen molar-refractivity contribution >= 4 is 62.9 Å². The van der Waals surface area contributed by atoms with Crippen molar-refractivity contribution in [2.45, 2.75) is 11.8 Å². The van der Waals surface area contributed by atoms with Crippen LogP contribution < -0.4 is 20.7 Å². The fourth-order valence-electron chi connectivity index (χ4n) is 3.72. The van der Waals surface area contributed by atoms with Crippen molar-refractivity contribution in [2.75, 3.05) is 23.0 Å². The molecule has 208 valence electrons. The van der Waals surface area contributed by atoms with Crippen molar-refractivity contribution in [3.63, 3.8) is 0 Å². The number of amides is 3. The number of anilines is 2. The summed E-state index contributed by atoms with van der Waals surface area (Å²) in [5, 5.41) is 8.46. The Balaban J connectivity index is 1.39. The lowest BCUT2D eigenvalue weighted by molar-refractivity contribution is -0.114. The molecule has 0 aromatic heterocycles. The Hall–Kier alpha value is -4.34. The minimum Gasteiger partial charge on any atom is -0.492 e. The monoisotopic (exact) mass is 629 g/mol. The normalized spacial score (nSPS) is 10.9. The molecule has 0 bridgehead atoms. The second-order valence-corrected chi connectivity index (χ2v) is 10.6. The lowest BCUT2D eigenvalue weighted by Crippen LogP contribution is -2.30. The molecule has 0 saturated carbocycles. The van der Waals surface area contributed by atoms with Crippen LogP contribution in [0.4, 0.5) is 11.4 Å². The van der Waals surface area contributed by atoms with Crippen LogP contribution in [0.5, 0.6) is 5.75 Å². The van der Waals surface area contributed by atoms with E-state index < -0.39 is 11.8 Å². The molecule has 0 aliphatic carbocycles. The fraction of sp³-hybridized carbons (Fsp3) is 0.0938. The first-order chi connectivity index (χ1) is 19.9. The van der Waals surface area contributed by atoms with Crippen LogP contribution in [0.2, 0.25) is 0 Å². The van der Waals surface area contributed by atoms with Crippen LogP contribution in [-0.4, -0.2) is 30.1 Å². The van der Waals surface area contributed by atoms with E-state index in [2.05, 4.69) is 31.9 Å². The SMILES string of the molecule is CCOc1ccccc1NC(=O)CSc1ccc(NC(=O)/C(=C/c2cccc(Br)c2)NC(=O)c2ccccc2)cc1. The van der Waals surface area contributed by atoms with E-state index in [9.17, 15) is 14.4 Å². The highest BCUT2D eigenvalue weighted by atomic mass is 79.9. The van der Waals surface area contributed by atoms with Crippen LogP contribution in [0.3, 0.4) is 0 Å². The van der Waals surface area contributed by atoms with Gasteiger partial charge in [0.1, 0.15) is 11.4 Å². The number of carbonyl (C=O) groups excluding carboxylic acids is 3. The summed E-state index contributed by atoms with van der Waals surface area (Å²) >= 11 is 4.81. The van der Waals surface area contributed by atoms with Crippen molar-refractivity contribution in [3.8, 4) is 5.75 Å². The molecule has 0 aliphatic rings. The number of halogens is 1. The van der Waals surface area contributed by atoms with Gasteiger partial charge in [0.05, 0.1) is 18.0 Å². The molecule has 9 heteroatoms. The average molecular weight is 631 g/mol. The second kappa shape index (κ2) is 14.9. The standard InChI is InChI=1S/C32H28BrN3O4S/c1-2-40-29-14-7-6-13-27(29)35-30(37)21-41-26-17-15-25(16-18-26)34-32(39)28(20-22-9-8-12-24(33)19-22)36-31(38)23-10-4-3-5-11-23/h3-20H,2,21H2,1H3,(H,34,39)(H,35,37)(H,36,38)/b28-20-. The minimum atomic E-state index is -0.470. The van der Waals surface area contributed by atoms with Crippen molar-refractivity contribution < 1.29 is 19.1 Å². The van der Waals surface area contributed by atoms with Gasteiger partial charge in [-0.15, -0.1) is 11.8 Å². The molecular weight excluding hydrogens is 602 g/mol. The highest BCUT2D eigenvalue weighted by molar-refractivity contribution is 9.10. The Kier molecular flexibility index (Phi) is 10.8. The van der Waals surface area contributed by atoms with Gasteiger partial charge in [0, 0.05) is 20.6 Å². The number of carbonyl (C=O) groups is 3. The van der Waals surface area contributed by atoms with E-state index in [0.717, 1.165) is 14.9 Å². The molecular formula is C32H28BrN3O4S. The molecule has 4 aromatic carbocycles. The predicted molar refractivity (Wildman–Crippen MR) is 168 cm³/mol. The first-order valence-corrected chi connectivity index (χ1v) is 14.6. The molecule has 3 amide bonds. The third kappa shape index (κ3) is 9.09. The highest BCUT2D eigenvalue weighted by Crippen LogP contribution is 2.25. The Morgan fingerprint density at radius 3 is 2.32 bits per heavy atom. The molecule has 0 unspecified atom stereocenters. The van der Waals surface area contributed by atoms with Crippen molar-refractivity contribution in [2.24, 2.45) is 0 Å². The largest absolute Gasteiger partial charge is 0.492 e. The summed E-state index contributed by atoms with van der Waals surface area (Å²) in [5.74, 6) is -0.187. The minimum absolute atomic E-state index is 0.0967. The van der Waals surface area contributed by atoms with Crippen LogP contribution in [0, 0.1) is 0 Å². The fourth-order valence-corrected chi connectivity index (χ4v) is 4.84. The summed E-state index contributed by atoms with van der Waals surface area (Å²) in [4.78, 5) is 39.4. The first-order valence-electron chi connectivity index (χ1n) is 12.8. The second-order valence-electron chi connectivity index (χ2n) is 8.68. The zero-order valence-electron chi connectivity index (χ0n) is 22.2. The number of nitrogens with one attached hydrogen (secondary N) is 3. The summed E-state index contributed by atoms with van der Waals surface area (Å²) < 4.78 is 6.41. The smallest absolute Gasteiger partial charge is 0.272 e. The van der Waals surface area contributed by atoms with Crippen LogP contribution in [0.15, 0.2) is 118 Å². The summed E-state index contributed by atoms with van der Waals surface area (Å²) in [6.45, 7) is 2.39. The molecule has 0 heterocycles. The van der Waals surface area contributed by atoms with Gasteiger partial charge in [-0.05, 0) is 79.2 Å². The quantitative estimate of drug-likeness (QED) is 0.123. The van der Waals surface area contributed by atoms with Gasteiger partial charge in [0.25, 0.3) is 11.8 Å². The predicted octanol–water partition coefficient (Wildman–Crippen LogP) is 6.99. The number of hydrogen-bond acceptors (Lipinski definition) is 5. The first kappa shape index (κ1) is 29.6. The van der Waals surface area contributed by atoms with E-state index in [-0.39, 0.29) is 17.4 Å². The van der Waals surface area contributed by atoms with E-state index in [0.29, 0.717) is 29.3 Å². The van der Waals surface area contributed by atoms with Gasteiger partial charge < -0.3 is 20.7 Å². The zero-order valence-corrected chi connectivity index (χ0v) is 24.6. The highest BCUT2D eigenvalue weighted by Gasteiger charge is 2.15. The number of para-hydroxylation sites is 2. The Morgan fingerprint density at radius 1 is 0.854 bits per heavy atom. The summed E-state index contributed by atoms with van der Waals surface area (Å²) in [7, 11) is 0.